The van der Waals surface area contributed by atoms with Gasteiger partial charge in [-0.05, 0) is 42.0 Å². The van der Waals surface area contributed by atoms with Gasteiger partial charge in [0.1, 0.15) is 5.82 Å². The SMILES string of the molecule is COC(=S)Cc1cc(NC(=O)c2ccccc2)c(F)cc1Br. The highest BCUT2D eigenvalue weighted by atomic mass is 79.9. The average molecular weight is 382 g/mol. The van der Waals surface area contributed by atoms with E-state index < -0.39 is 5.82 Å². The monoisotopic (exact) mass is 381 g/mol. The molecular formula is C16H13BrFNO2S. The Hall–Kier alpha value is -1.79. The van der Waals surface area contributed by atoms with E-state index in [0.717, 1.165) is 5.56 Å². The summed E-state index contributed by atoms with van der Waals surface area (Å²) in [7, 11) is 1.48. The molecule has 0 aromatic heterocycles. The normalized spacial score (nSPS) is 10.1. The van der Waals surface area contributed by atoms with E-state index in [2.05, 4.69) is 21.2 Å². The minimum absolute atomic E-state index is 0.103. The van der Waals surface area contributed by atoms with Crippen molar-refractivity contribution in [1.29, 1.82) is 0 Å². The van der Waals surface area contributed by atoms with E-state index in [1.807, 2.05) is 0 Å². The van der Waals surface area contributed by atoms with Crippen molar-refractivity contribution in [1.82, 2.24) is 0 Å². The molecule has 0 heterocycles. The van der Waals surface area contributed by atoms with Crippen LogP contribution in [0.5, 0.6) is 0 Å². The molecule has 0 bridgehead atoms. The standard InChI is InChI=1S/C16H13BrFNO2S/c1-21-15(22)8-11-7-14(13(18)9-12(11)17)19-16(20)10-5-3-2-4-6-10/h2-7,9H,8H2,1H3,(H,19,20). The highest BCUT2D eigenvalue weighted by molar-refractivity contribution is 9.10. The molecule has 0 saturated heterocycles. The Labute approximate surface area is 141 Å². The summed E-state index contributed by atoms with van der Waals surface area (Å²) < 4.78 is 19.5. The number of hydrogen-bond donors (Lipinski definition) is 1. The summed E-state index contributed by atoms with van der Waals surface area (Å²) in [6, 6.07) is 11.5. The van der Waals surface area contributed by atoms with Gasteiger partial charge in [0.2, 0.25) is 0 Å². The summed E-state index contributed by atoms with van der Waals surface area (Å²) in [5.41, 5.74) is 1.29. The van der Waals surface area contributed by atoms with Crippen LogP contribution < -0.4 is 5.32 Å². The van der Waals surface area contributed by atoms with Crippen molar-refractivity contribution in [2.45, 2.75) is 6.42 Å². The fraction of sp³-hybridized carbons (Fsp3) is 0.125. The maximum absolute atomic E-state index is 14.0. The smallest absolute Gasteiger partial charge is 0.255 e. The van der Waals surface area contributed by atoms with Gasteiger partial charge in [0.15, 0.2) is 5.05 Å². The third-order valence-corrected chi connectivity index (χ3v) is 4.03. The number of methoxy groups -OCH3 is 1. The van der Waals surface area contributed by atoms with E-state index in [-0.39, 0.29) is 11.6 Å². The van der Waals surface area contributed by atoms with E-state index in [0.29, 0.717) is 21.5 Å². The number of rotatable bonds is 4. The number of hydrogen-bond acceptors (Lipinski definition) is 3. The van der Waals surface area contributed by atoms with Crippen molar-refractivity contribution in [3.05, 3.63) is 63.9 Å². The second-order valence-electron chi connectivity index (χ2n) is 4.50. The first-order chi connectivity index (χ1) is 10.5. The van der Waals surface area contributed by atoms with Gasteiger partial charge in [-0.3, -0.25) is 4.79 Å². The van der Waals surface area contributed by atoms with Crippen molar-refractivity contribution in [2.24, 2.45) is 0 Å². The zero-order valence-electron chi connectivity index (χ0n) is 11.7. The average Bonchev–Trinajstić information content (AvgIpc) is 2.52. The van der Waals surface area contributed by atoms with Crippen LogP contribution in [-0.4, -0.2) is 18.1 Å². The Balaban J connectivity index is 2.25. The minimum Gasteiger partial charge on any atom is -0.490 e. The summed E-state index contributed by atoms with van der Waals surface area (Å²) in [6.07, 6.45) is 0.348. The quantitative estimate of drug-likeness (QED) is 0.799. The molecule has 0 saturated carbocycles. The van der Waals surface area contributed by atoms with E-state index in [1.54, 1.807) is 36.4 Å². The third-order valence-electron chi connectivity index (χ3n) is 2.98. The molecule has 0 radical (unpaired) electrons. The molecule has 2 rings (SSSR count). The zero-order valence-corrected chi connectivity index (χ0v) is 14.1. The van der Waals surface area contributed by atoms with Gasteiger partial charge >= 0.3 is 0 Å². The largest absolute Gasteiger partial charge is 0.490 e. The van der Waals surface area contributed by atoms with Crippen molar-refractivity contribution < 1.29 is 13.9 Å². The highest BCUT2D eigenvalue weighted by Gasteiger charge is 2.13. The van der Waals surface area contributed by atoms with Crippen LogP contribution >= 0.6 is 28.1 Å². The molecule has 3 nitrogen and oxygen atoms in total. The van der Waals surface area contributed by atoms with Gasteiger partial charge in [-0.1, -0.05) is 34.1 Å². The first-order valence-electron chi connectivity index (χ1n) is 6.42. The van der Waals surface area contributed by atoms with Crippen LogP contribution in [-0.2, 0) is 11.2 Å². The number of halogens is 2. The summed E-state index contributed by atoms with van der Waals surface area (Å²) in [6.45, 7) is 0. The number of carbonyl (C=O) groups excluding carboxylic acids is 1. The van der Waals surface area contributed by atoms with Crippen LogP contribution in [0.1, 0.15) is 15.9 Å². The summed E-state index contributed by atoms with van der Waals surface area (Å²) in [4.78, 5) is 12.1. The molecule has 1 amide bonds. The van der Waals surface area contributed by atoms with Gasteiger partial charge in [0, 0.05) is 16.5 Å². The van der Waals surface area contributed by atoms with E-state index in [9.17, 15) is 9.18 Å². The fourth-order valence-corrected chi connectivity index (χ4v) is 2.45. The van der Waals surface area contributed by atoms with Gasteiger partial charge in [0.05, 0.1) is 12.8 Å². The summed E-state index contributed by atoms with van der Waals surface area (Å²) in [5.74, 6) is -0.898. The lowest BCUT2D eigenvalue weighted by atomic mass is 10.1. The molecule has 2 aromatic carbocycles. The predicted molar refractivity (Wildman–Crippen MR) is 91.8 cm³/mol. The van der Waals surface area contributed by atoms with Gasteiger partial charge < -0.3 is 10.1 Å². The number of ether oxygens (including phenoxy) is 1. The van der Waals surface area contributed by atoms with E-state index in [4.69, 9.17) is 17.0 Å². The van der Waals surface area contributed by atoms with E-state index >= 15 is 0 Å². The Morgan fingerprint density at radius 3 is 2.64 bits per heavy atom. The topological polar surface area (TPSA) is 38.3 Å². The zero-order chi connectivity index (χ0) is 16.1. The molecule has 0 atom stereocenters. The second-order valence-corrected chi connectivity index (χ2v) is 5.81. The molecular weight excluding hydrogens is 369 g/mol. The predicted octanol–water partition coefficient (Wildman–Crippen LogP) is 4.36. The molecule has 22 heavy (non-hydrogen) atoms. The Kier molecular flexibility index (Phi) is 5.63. The lowest BCUT2D eigenvalue weighted by molar-refractivity contribution is 0.102. The van der Waals surface area contributed by atoms with Crippen molar-refractivity contribution in [3.8, 4) is 0 Å². The minimum atomic E-state index is -0.525. The number of nitrogens with one attached hydrogen (secondary N) is 1. The van der Waals surface area contributed by atoms with Crippen LogP contribution in [0.3, 0.4) is 0 Å². The number of benzene rings is 2. The fourth-order valence-electron chi connectivity index (χ4n) is 1.84. The molecule has 1 N–H and O–H groups in total. The summed E-state index contributed by atoms with van der Waals surface area (Å²) in [5, 5.41) is 2.95. The second kappa shape index (κ2) is 7.47. The maximum Gasteiger partial charge on any atom is 0.255 e. The third kappa shape index (κ3) is 4.11. The van der Waals surface area contributed by atoms with Crippen LogP contribution in [0.15, 0.2) is 46.9 Å². The molecule has 0 unspecified atom stereocenters. The highest BCUT2D eigenvalue weighted by Crippen LogP contribution is 2.26. The number of thiocarbonyl (C=S) groups is 1. The van der Waals surface area contributed by atoms with Crippen molar-refractivity contribution >= 4 is 44.8 Å². The van der Waals surface area contributed by atoms with Gasteiger partial charge in [-0.15, -0.1) is 0 Å². The number of amides is 1. The number of carbonyl (C=O) groups is 1. The molecule has 6 heteroatoms. The van der Waals surface area contributed by atoms with Gasteiger partial charge in [-0.25, -0.2) is 4.39 Å². The Morgan fingerprint density at radius 1 is 1.32 bits per heavy atom. The lowest BCUT2D eigenvalue weighted by Gasteiger charge is -2.11. The molecule has 0 spiro atoms. The van der Waals surface area contributed by atoms with Gasteiger partial charge in [-0.2, -0.15) is 0 Å². The van der Waals surface area contributed by atoms with Crippen molar-refractivity contribution in [2.75, 3.05) is 12.4 Å². The first kappa shape index (κ1) is 16.6. The number of anilines is 1. The summed E-state index contributed by atoms with van der Waals surface area (Å²) >= 11 is 8.30. The maximum atomic E-state index is 14.0. The van der Waals surface area contributed by atoms with E-state index in [1.165, 1.54) is 13.2 Å². The first-order valence-corrected chi connectivity index (χ1v) is 7.62. The Bertz CT molecular complexity index is 707. The van der Waals surface area contributed by atoms with Crippen LogP contribution in [0.4, 0.5) is 10.1 Å². The molecule has 0 fully saturated rings. The molecule has 0 aliphatic carbocycles. The molecule has 0 aliphatic heterocycles. The Morgan fingerprint density at radius 2 is 2.00 bits per heavy atom. The lowest BCUT2D eigenvalue weighted by Crippen LogP contribution is -2.13. The van der Waals surface area contributed by atoms with Gasteiger partial charge in [0.25, 0.3) is 5.91 Å². The van der Waals surface area contributed by atoms with Crippen LogP contribution in [0.2, 0.25) is 0 Å². The molecule has 2 aromatic rings. The molecule has 0 aliphatic rings. The van der Waals surface area contributed by atoms with Crippen LogP contribution in [0, 0.1) is 5.82 Å². The van der Waals surface area contributed by atoms with Crippen LogP contribution in [0.25, 0.3) is 0 Å². The van der Waals surface area contributed by atoms with Crippen molar-refractivity contribution in [3.63, 3.8) is 0 Å². The molecule has 114 valence electrons.